The Balaban J connectivity index is 1.63. The van der Waals surface area contributed by atoms with E-state index in [9.17, 15) is 8.42 Å². The largest absolute Gasteiger partial charge is 0.354 e. The first kappa shape index (κ1) is 20.3. The first-order chi connectivity index (χ1) is 13.9. The predicted molar refractivity (Wildman–Crippen MR) is 116 cm³/mol. The summed E-state index contributed by atoms with van der Waals surface area (Å²) in [6.45, 7) is 8.25. The van der Waals surface area contributed by atoms with Crippen molar-refractivity contribution in [3.8, 4) is 0 Å². The minimum absolute atomic E-state index is 0.157. The van der Waals surface area contributed by atoms with E-state index in [0.29, 0.717) is 32.1 Å². The van der Waals surface area contributed by atoms with E-state index in [1.54, 1.807) is 11.2 Å². The molecule has 0 bridgehead atoms. The van der Waals surface area contributed by atoms with Crippen molar-refractivity contribution in [3.63, 3.8) is 0 Å². The highest BCUT2D eigenvalue weighted by atomic mass is 32.2. The summed E-state index contributed by atoms with van der Waals surface area (Å²) in [6, 6.07) is 8.61. The van der Waals surface area contributed by atoms with Gasteiger partial charge in [-0.15, -0.1) is 0 Å². The van der Waals surface area contributed by atoms with E-state index < -0.39 is 10.0 Å². The Bertz CT molecular complexity index is 977. The third-order valence-electron chi connectivity index (χ3n) is 5.95. The summed E-state index contributed by atoms with van der Waals surface area (Å²) in [4.78, 5) is 12.1. The molecule has 1 aromatic carbocycles. The Kier molecular flexibility index (Phi) is 5.62. The number of anilines is 1. The van der Waals surface area contributed by atoms with E-state index in [0.717, 1.165) is 29.3 Å². The monoisotopic (exact) mass is 414 g/mol. The van der Waals surface area contributed by atoms with Crippen LogP contribution in [0.5, 0.6) is 0 Å². The van der Waals surface area contributed by atoms with Crippen molar-refractivity contribution in [1.82, 2.24) is 14.3 Å². The fourth-order valence-electron chi connectivity index (χ4n) is 3.87. The lowest BCUT2D eigenvalue weighted by molar-refractivity contribution is 0.384. The maximum absolute atomic E-state index is 12.2. The molecule has 29 heavy (non-hydrogen) atoms. The highest BCUT2D eigenvalue weighted by molar-refractivity contribution is 7.89. The van der Waals surface area contributed by atoms with Crippen molar-refractivity contribution < 1.29 is 8.42 Å². The Morgan fingerprint density at radius 1 is 1.00 bits per heavy atom. The number of benzene rings is 1. The number of rotatable bonds is 6. The zero-order valence-corrected chi connectivity index (χ0v) is 18.4. The predicted octanol–water partition coefficient (Wildman–Crippen LogP) is 3.03. The van der Waals surface area contributed by atoms with Gasteiger partial charge >= 0.3 is 0 Å². The van der Waals surface area contributed by atoms with E-state index in [-0.39, 0.29) is 5.75 Å². The van der Waals surface area contributed by atoms with Gasteiger partial charge < -0.3 is 4.90 Å². The Labute approximate surface area is 174 Å². The highest BCUT2D eigenvalue weighted by Gasteiger charge is 2.31. The van der Waals surface area contributed by atoms with Crippen molar-refractivity contribution >= 4 is 15.8 Å². The second kappa shape index (κ2) is 8.03. The fourth-order valence-corrected chi connectivity index (χ4v) is 4.95. The fraction of sp³-hybridized carbons (Fsp3) is 0.545. The highest BCUT2D eigenvalue weighted by Crippen LogP contribution is 2.39. The molecular weight excluding hydrogens is 384 g/mol. The lowest BCUT2D eigenvalue weighted by Gasteiger charge is -2.35. The van der Waals surface area contributed by atoms with Gasteiger partial charge in [0.1, 0.15) is 11.6 Å². The van der Waals surface area contributed by atoms with Gasteiger partial charge in [0.05, 0.1) is 5.75 Å². The molecule has 2 heterocycles. The number of sulfonamides is 1. The van der Waals surface area contributed by atoms with Crippen LogP contribution >= 0.6 is 0 Å². The van der Waals surface area contributed by atoms with Crippen molar-refractivity contribution in [2.24, 2.45) is 0 Å². The second-order valence-electron chi connectivity index (χ2n) is 8.19. The van der Waals surface area contributed by atoms with Crippen LogP contribution in [0.4, 0.5) is 5.82 Å². The summed E-state index contributed by atoms with van der Waals surface area (Å²) in [7, 11) is -3.14. The first-order valence-electron chi connectivity index (χ1n) is 10.5. The maximum Gasteiger partial charge on any atom is 0.213 e. The molecule has 1 aromatic heterocycles. The Hall–Kier alpha value is -1.99. The lowest BCUT2D eigenvalue weighted by Crippen LogP contribution is -2.49. The molecule has 1 aliphatic heterocycles. The van der Waals surface area contributed by atoms with Crippen LogP contribution in [0.15, 0.2) is 24.3 Å². The number of hydrogen-bond donors (Lipinski definition) is 0. The molecule has 0 unspecified atom stereocenters. The van der Waals surface area contributed by atoms with Crippen LogP contribution < -0.4 is 4.90 Å². The van der Waals surface area contributed by atoms with Gasteiger partial charge in [-0.1, -0.05) is 29.8 Å². The smallest absolute Gasteiger partial charge is 0.213 e. The molecule has 6 nitrogen and oxygen atoms in total. The van der Waals surface area contributed by atoms with Crippen LogP contribution in [0, 0.1) is 13.8 Å². The molecule has 0 radical (unpaired) electrons. The van der Waals surface area contributed by atoms with Crippen LogP contribution in [0.2, 0.25) is 0 Å². The quantitative estimate of drug-likeness (QED) is 0.727. The molecule has 1 saturated heterocycles. The van der Waals surface area contributed by atoms with Gasteiger partial charge in [0.2, 0.25) is 10.0 Å². The number of aromatic nitrogens is 2. The molecule has 156 valence electrons. The van der Waals surface area contributed by atoms with Crippen molar-refractivity contribution in [3.05, 3.63) is 52.5 Å². The van der Waals surface area contributed by atoms with Crippen molar-refractivity contribution in [1.29, 1.82) is 0 Å². The Morgan fingerprint density at radius 2 is 1.66 bits per heavy atom. The minimum Gasteiger partial charge on any atom is -0.354 e. The standard InChI is InChI=1S/C22H30N4O2S/c1-4-29(27,28)26-13-11-25(12-14-26)22-20(15-18-7-5-16(2)6-8-18)17(3)23-21(24-22)19-9-10-19/h5-8,19H,4,9-15H2,1-3H3. The third kappa shape index (κ3) is 4.46. The molecule has 7 heteroatoms. The molecule has 2 aromatic rings. The first-order valence-corrected chi connectivity index (χ1v) is 12.1. The van der Waals surface area contributed by atoms with E-state index in [1.807, 2.05) is 0 Å². The van der Waals surface area contributed by atoms with Crippen LogP contribution in [0.3, 0.4) is 0 Å². The van der Waals surface area contributed by atoms with Gasteiger partial charge in [-0.25, -0.2) is 18.4 Å². The number of aryl methyl sites for hydroxylation is 2. The van der Waals surface area contributed by atoms with Crippen LogP contribution in [-0.2, 0) is 16.4 Å². The number of piperazine rings is 1. The van der Waals surface area contributed by atoms with E-state index in [4.69, 9.17) is 9.97 Å². The average Bonchev–Trinajstić information content (AvgIpc) is 3.56. The summed E-state index contributed by atoms with van der Waals surface area (Å²) in [5, 5.41) is 0. The summed E-state index contributed by atoms with van der Waals surface area (Å²) in [6.07, 6.45) is 3.12. The van der Waals surface area contributed by atoms with E-state index in [1.165, 1.54) is 24.0 Å². The zero-order valence-electron chi connectivity index (χ0n) is 17.6. The lowest BCUT2D eigenvalue weighted by atomic mass is 10.0. The van der Waals surface area contributed by atoms with Gasteiger partial charge in [0, 0.05) is 49.8 Å². The third-order valence-corrected chi connectivity index (χ3v) is 7.83. The molecule has 0 N–H and O–H groups in total. The molecule has 1 saturated carbocycles. The molecule has 1 aliphatic carbocycles. The van der Waals surface area contributed by atoms with Gasteiger partial charge in [0.25, 0.3) is 0 Å². The average molecular weight is 415 g/mol. The summed E-state index contributed by atoms with van der Waals surface area (Å²) < 4.78 is 26.1. The van der Waals surface area contributed by atoms with Crippen LogP contribution in [0.25, 0.3) is 0 Å². The SMILES string of the molecule is CCS(=O)(=O)N1CCN(c2nc(C3CC3)nc(C)c2Cc2ccc(C)cc2)CC1. The molecule has 4 rings (SSSR count). The van der Waals surface area contributed by atoms with Gasteiger partial charge in [0.15, 0.2) is 0 Å². The van der Waals surface area contributed by atoms with Gasteiger partial charge in [-0.05, 0) is 39.2 Å². The summed E-state index contributed by atoms with van der Waals surface area (Å²) in [5.41, 5.74) is 4.69. The second-order valence-corrected chi connectivity index (χ2v) is 10.5. The van der Waals surface area contributed by atoms with Gasteiger partial charge in [-0.2, -0.15) is 4.31 Å². The normalized spacial score (nSPS) is 18.2. The van der Waals surface area contributed by atoms with Crippen molar-refractivity contribution in [2.45, 2.75) is 46.0 Å². The summed E-state index contributed by atoms with van der Waals surface area (Å²) >= 11 is 0. The molecule has 2 aliphatic rings. The molecular formula is C22H30N4O2S. The minimum atomic E-state index is -3.14. The topological polar surface area (TPSA) is 66.4 Å². The molecule has 0 atom stereocenters. The van der Waals surface area contributed by atoms with Crippen LogP contribution in [0.1, 0.15) is 53.9 Å². The Morgan fingerprint density at radius 3 is 2.24 bits per heavy atom. The van der Waals surface area contributed by atoms with Crippen LogP contribution in [-0.4, -0.2) is 54.6 Å². The zero-order chi connectivity index (χ0) is 20.6. The number of hydrogen-bond acceptors (Lipinski definition) is 5. The molecule has 0 amide bonds. The van der Waals surface area contributed by atoms with Crippen molar-refractivity contribution in [2.75, 3.05) is 36.8 Å². The van der Waals surface area contributed by atoms with Gasteiger partial charge in [-0.3, -0.25) is 0 Å². The molecule has 0 spiro atoms. The summed E-state index contributed by atoms with van der Waals surface area (Å²) in [5.74, 6) is 2.59. The van der Waals surface area contributed by atoms with E-state index >= 15 is 0 Å². The maximum atomic E-state index is 12.2. The molecule has 2 fully saturated rings. The van der Waals surface area contributed by atoms with E-state index in [2.05, 4.69) is 43.0 Å². The number of nitrogens with zero attached hydrogens (tertiary/aromatic N) is 4.